The second-order valence-electron chi connectivity index (χ2n) is 3.96. The van der Waals surface area contributed by atoms with Crippen LogP contribution in [0.25, 0.3) is 0 Å². The first-order valence-corrected chi connectivity index (χ1v) is 6.02. The molecule has 0 saturated carbocycles. The van der Waals surface area contributed by atoms with Crippen molar-refractivity contribution in [2.24, 2.45) is 0 Å². The van der Waals surface area contributed by atoms with E-state index in [1.54, 1.807) is 0 Å². The van der Waals surface area contributed by atoms with Gasteiger partial charge in [-0.15, -0.1) is 0 Å². The third kappa shape index (κ3) is 1.88. The van der Waals surface area contributed by atoms with E-state index in [4.69, 9.17) is 21.6 Å². The van der Waals surface area contributed by atoms with E-state index in [9.17, 15) is 0 Å². The summed E-state index contributed by atoms with van der Waals surface area (Å²) < 4.78 is 5.47. The first-order chi connectivity index (χ1) is 7.77. The van der Waals surface area contributed by atoms with Gasteiger partial charge in [0.1, 0.15) is 6.07 Å². The summed E-state index contributed by atoms with van der Waals surface area (Å²) in [6.45, 7) is 2.43. The molecule has 0 radical (unpaired) electrons. The molecule has 2 nitrogen and oxygen atoms in total. The molecule has 2 rings (SSSR count). The SMILES string of the molecule is CCOc1c(C#N)cc2c(c1Cl)CCCC2. The van der Waals surface area contributed by atoms with Crippen LogP contribution in [-0.2, 0) is 12.8 Å². The quantitative estimate of drug-likeness (QED) is 0.786. The molecule has 0 heterocycles. The Kier molecular flexibility index (Phi) is 3.36. The van der Waals surface area contributed by atoms with E-state index >= 15 is 0 Å². The van der Waals surface area contributed by atoms with Gasteiger partial charge in [-0.05, 0) is 49.8 Å². The highest BCUT2D eigenvalue weighted by Gasteiger charge is 2.19. The van der Waals surface area contributed by atoms with Gasteiger partial charge in [-0.2, -0.15) is 5.26 Å². The van der Waals surface area contributed by atoms with Crippen LogP contribution in [0.3, 0.4) is 0 Å². The van der Waals surface area contributed by atoms with Crippen molar-refractivity contribution in [1.29, 1.82) is 5.26 Å². The fourth-order valence-corrected chi connectivity index (χ4v) is 2.57. The Balaban J connectivity index is 2.56. The molecule has 0 saturated heterocycles. The Bertz CT molecular complexity index is 448. The molecule has 3 heteroatoms. The third-order valence-electron chi connectivity index (χ3n) is 2.95. The second-order valence-corrected chi connectivity index (χ2v) is 4.33. The first-order valence-electron chi connectivity index (χ1n) is 5.65. The van der Waals surface area contributed by atoms with Gasteiger partial charge in [0.05, 0.1) is 17.2 Å². The summed E-state index contributed by atoms with van der Waals surface area (Å²) in [6, 6.07) is 4.10. The molecule has 0 aromatic heterocycles. The van der Waals surface area contributed by atoms with E-state index < -0.39 is 0 Å². The molecule has 0 amide bonds. The molecule has 84 valence electrons. The number of nitrogens with zero attached hydrogens (tertiary/aromatic N) is 1. The molecule has 0 bridgehead atoms. The minimum Gasteiger partial charge on any atom is -0.491 e. The number of halogens is 1. The maximum Gasteiger partial charge on any atom is 0.155 e. The van der Waals surface area contributed by atoms with Crippen LogP contribution in [0.1, 0.15) is 36.5 Å². The van der Waals surface area contributed by atoms with Gasteiger partial charge in [0.15, 0.2) is 5.75 Å². The zero-order valence-corrected chi connectivity index (χ0v) is 10.1. The Hall–Kier alpha value is -1.20. The van der Waals surface area contributed by atoms with Gasteiger partial charge < -0.3 is 4.74 Å². The summed E-state index contributed by atoms with van der Waals surface area (Å²) in [6.07, 6.45) is 4.38. The van der Waals surface area contributed by atoms with Crippen molar-refractivity contribution >= 4 is 11.6 Å². The lowest BCUT2D eigenvalue weighted by atomic mass is 9.90. The van der Waals surface area contributed by atoms with Gasteiger partial charge in [-0.25, -0.2) is 0 Å². The van der Waals surface area contributed by atoms with Crippen molar-refractivity contribution in [3.05, 3.63) is 27.8 Å². The molecule has 1 aliphatic rings. The Morgan fingerprint density at radius 1 is 1.44 bits per heavy atom. The van der Waals surface area contributed by atoms with Crippen LogP contribution in [0.15, 0.2) is 6.07 Å². The van der Waals surface area contributed by atoms with E-state index in [1.807, 2.05) is 13.0 Å². The Labute approximate surface area is 101 Å². The number of benzene rings is 1. The highest BCUT2D eigenvalue weighted by molar-refractivity contribution is 6.33. The van der Waals surface area contributed by atoms with E-state index in [1.165, 1.54) is 24.0 Å². The monoisotopic (exact) mass is 235 g/mol. The maximum atomic E-state index is 9.08. The van der Waals surface area contributed by atoms with Gasteiger partial charge in [-0.3, -0.25) is 0 Å². The smallest absolute Gasteiger partial charge is 0.155 e. The summed E-state index contributed by atoms with van der Waals surface area (Å²) in [5.41, 5.74) is 2.96. The second kappa shape index (κ2) is 4.76. The van der Waals surface area contributed by atoms with Crippen molar-refractivity contribution < 1.29 is 4.74 Å². The van der Waals surface area contributed by atoms with Gasteiger partial charge in [0.25, 0.3) is 0 Å². The summed E-state index contributed by atoms with van der Waals surface area (Å²) >= 11 is 6.31. The molecular weight excluding hydrogens is 222 g/mol. The van der Waals surface area contributed by atoms with Crippen molar-refractivity contribution in [3.8, 4) is 11.8 Å². The van der Waals surface area contributed by atoms with Crippen molar-refractivity contribution in [1.82, 2.24) is 0 Å². The molecule has 0 N–H and O–H groups in total. The number of ether oxygens (including phenoxy) is 1. The van der Waals surface area contributed by atoms with E-state index in [0.29, 0.717) is 22.9 Å². The third-order valence-corrected chi connectivity index (χ3v) is 3.35. The minimum absolute atomic E-state index is 0.535. The molecule has 1 aliphatic carbocycles. The minimum atomic E-state index is 0.535. The van der Waals surface area contributed by atoms with Crippen LogP contribution in [0.5, 0.6) is 5.75 Å². The molecule has 16 heavy (non-hydrogen) atoms. The average Bonchev–Trinajstić information content (AvgIpc) is 2.33. The van der Waals surface area contributed by atoms with E-state index in [0.717, 1.165) is 12.8 Å². The Morgan fingerprint density at radius 2 is 2.19 bits per heavy atom. The highest BCUT2D eigenvalue weighted by atomic mass is 35.5. The standard InChI is InChI=1S/C13H14ClNO/c1-2-16-13-10(8-15)7-9-5-3-4-6-11(9)12(13)14/h7H,2-6H2,1H3. The van der Waals surface area contributed by atoms with Crippen molar-refractivity contribution in [2.75, 3.05) is 6.61 Å². The zero-order chi connectivity index (χ0) is 11.5. The number of hydrogen-bond donors (Lipinski definition) is 0. The van der Waals surface area contributed by atoms with Crippen molar-refractivity contribution in [2.45, 2.75) is 32.6 Å². The molecule has 0 spiro atoms. The van der Waals surface area contributed by atoms with Crippen LogP contribution >= 0.6 is 11.6 Å². The molecule has 0 atom stereocenters. The molecule has 1 aromatic rings. The number of nitriles is 1. The lowest BCUT2D eigenvalue weighted by Crippen LogP contribution is -2.06. The summed E-state index contributed by atoms with van der Waals surface area (Å²) in [5.74, 6) is 0.562. The molecule has 0 fully saturated rings. The van der Waals surface area contributed by atoms with Gasteiger partial charge in [0.2, 0.25) is 0 Å². The summed E-state index contributed by atoms with van der Waals surface area (Å²) in [5, 5.41) is 9.73. The topological polar surface area (TPSA) is 33.0 Å². The normalized spacial score (nSPS) is 14.1. The molecule has 0 unspecified atom stereocenters. The predicted octanol–water partition coefficient (Wildman–Crippen LogP) is 3.49. The van der Waals surface area contributed by atoms with Gasteiger partial charge in [-0.1, -0.05) is 11.6 Å². The molecular formula is C13H14ClNO. The maximum absolute atomic E-state index is 9.08. The van der Waals surface area contributed by atoms with Gasteiger partial charge in [0, 0.05) is 0 Å². The lowest BCUT2D eigenvalue weighted by Gasteiger charge is -2.20. The fourth-order valence-electron chi connectivity index (χ4n) is 2.20. The van der Waals surface area contributed by atoms with Crippen LogP contribution < -0.4 is 4.74 Å². The fraction of sp³-hybridized carbons (Fsp3) is 0.462. The Morgan fingerprint density at radius 3 is 2.88 bits per heavy atom. The number of aryl methyl sites for hydroxylation is 1. The lowest BCUT2D eigenvalue weighted by molar-refractivity contribution is 0.338. The summed E-state index contributed by atoms with van der Waals surface area (Å²) in [4.78, 5) is 0. The van der Waals surface area contributed by atoms with E-state index in [2.05, 4.69) is 6.07 Å². The van der Waals surface area contributed by atoms with E-state index in [-0.39, 0.29) is 0 Å². The zero-order valence-electron chi connectivity index (χ0n) is 9.35. The molecule has 0 aliphatic heterocycles. The van der Waals surface area contributed by atoms with Crippen molar-refractivity contribution in [3.63, 3.8) is 0 Å². The number of fused-ring (bicyclic) bond motifs is 1. The average molecular weight is 236 g/mol. The van der Waals surface area contributed by atoms with Crippen LogP contribution in [0.4, 0.5) is 0 Å². The van der Waals surface area contributed by atoms with Crippen LogP contribution in [0, 0.1) is 11.3 Å². The highest BCUT2D eigenvalue weighted by Crippen LogP contribution is 2.37. The number of hydrogen-bond acceptors (Lipinski definition) is 2. The summed E-state index contributed by atoms with van der Waals surface area (Å²) in [7, 11) is 0. The molecule has 1 aromatic carbocycles. The predicted molar refractivity (Wildman–Crippen MR) is 64.0 cm³/mol. The first kappa shape index (κ1) is 11.3. The number of rotatable bonds is 2. The largest absolute Gasteiger partial charge is 0.491 e. The van der Waals surface area contributed by atoms with Crippen LogP contribution in [-0.4, -0.2) is 6.61 Å². The van der Waals surface area contributed by atoms with Crippen LogP contribution in [0.2, 0.25) is 5.02 Å². The van der Waals surface area contributed by atoms with Gasteiger partial charge >= 0.3 is 0 Å².